The fraction of sp³-hybridized carbons (Fsp3) is 0.467. The van der Waals surface area contributed by atoms with E-state index in [2.05, 4.69) is 5.32 Å². The zero-order valence-electron chi connectivity index (χ0n) is 12.2. The maximum atomic E-state index is 11.9. The van der Waals surface area contributed by atoms with Crippen molar-refractivity contribution in [2.75, 3.05) is 5.75 Å². The molecule has 116 valence electrons. The molecule has 21 heavy (non-hydrogen) atoms. The molecule has 0 atom stereocenters. The number of aliphatic carboxylic acids is 1. The highest BCUT2D eigenvalue weighted by Gasteiger charge is 2.21. The number of halogens is 1. The van der Waals surface area contributed by atoms with Crippen molar-refractivity contribution >= 4 is 35.2 Å². The van der Waals surface area contributed by atoms with Crippen LogP contribution >= 0.6 is 23.4 Å². The summed E-state index contributed by atoms with van der Waals surface area (Å²) in [4.78, 5) is 22.4. The number of carboxylic acid groups (broad SMARTS) is 1. The average molecular weight is 330 g/mol. The molecule has 2 N–H and O–H groups in total. The predicted molar refractivity (Wildman–Crippen MR) is 86.7 cm³/mol. The maximum Gasteiger partial charge on any atom is 0.303 e. The van der Waals surface area contributed by atoms with Crippen LogP contribution in [0.3, 0.4) is 0 Å². The lowest BCUT2D eigenvalue weighted by molar-refractivity contribution is -0.137. The third-order valence-electron chi connectivity index (χ3n) is 2.83. The van der Waals surface area contributed by atoms with Crippen molar-refractivity contribution in [2.45, 2.75) is 38.0 Å². The monoisotopic (exact) mass is 329 g/mol. The van der Waals surface area contributed by atoms with E-state index in [1.54, 1.807) is 0 Å². The summed E-state index contributed by atoms with van der Waals surface area (Å²) in [5, 5.41) is 12.2. The molecule has 0 spiro atoms. The van der Waals surface area contributed by atoms with Crippen LogP contribution < -0.4 is 5.32 Å². The lowest BCUT2D eigenvalue weighted by Gasteiger charge is -2.25. The molecule has 0 aliphatic rings. The van der Waals surface area contributed by atoms with Gasteiger partial charge >= 0.3 is 5.97 Å². The SMILES string of the molecule is CC(C)(CCC(=O)O)NC(=O)CSCc1cccc(Cl)c1. The number of amides is 1. The van der Waals surface area contributed by atoms with Crippen molar-refractivity contribution in [3.63, 3.8) is 0 Å². The molecule has 1 aromatic carbocycles. The van der Waals surface area contributed by atoms with E-state index < -0.39 is 11.5 Å². The van der Waals surface area contributed by atoms with E-state index in [0.29, 0.717) is 22.9 Å². The van der Waals surface area contributed by atoms with Gasteiger partial charge in [-0.3, -0.25) is 9.59 Å². The van der Waals surface area contributed by atoms with Gasteiger partial charge in [0.2, 0.25) is 5.91 Å². The van der Waals surface area contributed by atoms with E-state index in [-0.39, 0.29) is 12.3 Å². The Morgan fingerprint density at radius 1 is 1.38 bits per heavy atom. The van der Waals surface area contributed by atoms with E-state index in [9.17, 15) is 9.59 Å². The summed E-state index contributed by atoms with van der Waals surface area (Å²) in [5.74, 6) is 0.108. The summed E-state index contributed by atoms with van der Waals surface area (Å²) in [7, 11) is 0. The van der Waals surface area contributed by atoms with Gasteiger partial charge in [-0.1, -0.05) is 23.7 Å². The first-order valence-electron chi connectivity index (χ1n) is 6.63. The lowest BCUT2D eigenvalue weighted by atomic mass is 9.98. The van der Waals surface area contributed by atoms with Crippen LogP contribution in [0.2, 0.25) is 5.02 Å². The van der Waals surface area contributed by atoms with Gasteiger partial charge in [0.05, 0.1) is 5.75 Å². The Kier molecular flexibility index (Phi) is 7.05. The molecule has 1 amide bonds. The van der Waals surface area contributed by atoms with E-state index in [0.717, 1.165) is 5.56 Å². The Morgan fingerprint density at radius 3 is 2.71 bits per heavy atom. The number of benzene rings is 1. The van der Waals surface area contributed by atoms with Crippen LogP contribution in [0.5, 0.6) is 0 Å². The van der Waals surface area contributed by atoms with Crippen LogP contribution in [0.15, 0.2) is 24.3 Å². The number of thioether (sulfide) groups is 1. The highest BCUT2D eigenvalue weighted by Crippen LogP contribution is 2.17. The van der Waals surface area contributed by atoms with Crippen LogP contribution in [0.1, 0.15) is 32.3 Å². The van der Waals surface area contributed by atoms with Gasteiger partial charge in [-0.2, -0.15) is 0 Å². The Labute approximate surface area is 134 Å². The maximum absolute atomic E-state index is 11.9. The molecular weight excluding hydrogens is 310 g/mol. The second-order valence-corrected chi connectivity index (χ2v) is 6.87. The van der Waals surface area contributed by atoms with Crippen LogP contribution in [0.25, 0.3) is 0 Å². The molecule has 0 bridgehead atoms. The van der Waals surface area contributed by atoms with E-state index in [4.69, 9.17) is 16.7 Å². The standard InChI is InChI=1S/C15H20ClNO3S/c1-15(2,7-6-14(19)20)17-13(18)10-21-9-11-4-3-5-12(16)8-11/h3-5,8H,6-7,9-10H2,1-2H3,(H,17,18)(H,19,20). The quantitative estimate of drug-likeness (QED) is 0.767. The van der Waals surface area contributed by atoms with Crippen LogP contribution in [-0.2, 0) is 15.3 Å². The average Bonchev–Trinajstić information content (AvgIpc) is 2.36. The van der Waals surface area contributed by atoms with Gasteiger partial charge in [0.1, 0.15) is 0 Å². The summed E-state index contributed by atoms with van der Waals surface area (Å²) in [6.45, 7) is 3.66. The van der Waals surface area contributed by atoms with Crippen molar-refractivity contribution in [3.05, 3.63) is 34.9 Å². The Morgan fingerprint density at radius 2 is 2.10 bits per heavy atom. The molecule has 0 aromatic heterocycles. The predicted octanol–water partition coefficient (Wildman–Crippen LogP) is 3.33. The largest absolute Gasteiger partial charge is 0.481 e. The topological polar surface area (TPSA) is 66.4 Å². The number of rotatable bonds is 8. The fourth-order valence-corrected chi connectivity index (χ4v) is 2.77. The number of nitrogens with one attached hydrogen (secondary N) is 1. The zero-order chi connectivity index (χ0) is 15.9. The van der Waals surface area contributed by atoms with Gasteiger partial charge in [-0.25, -0.2) is 0 Å². The van der Waals surface area contributed by atoms with Gasteiger partial charge < -0.3 is 10.4 Å². The molecule has 0 fully saturated rings. The van der Waals surface area contributed by atoms with Crippen molar-refractivity contribution in [1.29, 1.82) is 0 Å². The lowest BCUT2D eigenvalue weighted by Crippen LogP contribution is -2.44. The first-order chi connectivity index (χ1) is 9.78. The molecule has 6 heteroatoms. The van der Waals surface area contributed by atoms with E-state index >= 15 is 0 Å². The number of carbonyl (C=O) groups excluding carboxylic acids is 1. The van der Waals surface area contributed by atoms with E-state index in [1.165, 1.54) is 11.8 Å². The number of hydrogen-bond acceptors (Lipinski definition) is 3. The number of carboxylic acids is 1. The van der Waals surface area contributed by atoms with Gasteiger partial charge in [0, 0.05) is 22.7 Å². The minimum Gasteiger partial charge on any atom is -0.481 e. The smallest absolute Gasteiger partial charge is 0.303 e. The van der Waals surface area contributed by atoms with Crippen LogP contribution in [0, 0.1) is 0 Å². The molecule has 0 unspecified atom stereocenters. The summed E-state index contributed by atoms with van der Waals surface area (Å²) in [6.07, 6.45) is 0.454. The molecule has 1 rings (SSSR count). The first-order valence-corrected chi connectivity index (χ1v) is 8.17. The molecular formula is C15H20ClNO3S. The molecule has 0 saturated carbocycles. The van der Waals surface area contributed by atoms with E-state index in [1.807, 2.05) is 38.1 Å². The molecule has 0 heterocycles. The number of hydrogen-bond donors (Lipinski definition) is 2. The van der Waals surface area contributed by atoms with Gasteiger partial charge in [-0.05, 0) is 38.0 Å². The zero-order valence-corrected chi connectivity index (χ0v) is 13.8. The third-order valence-corrected chi connectivity index (χ3v) is 4.07. The summed E-state index contributed by atoms with van der Waals surface area (Å²) in [6, 6.07) is 7.54. The second-order valence-electron chi connectivity index (χ2n) is 5.45. The summed E-state index contributed by atoms with van der Waals surface area (Å²) < 4.78 is 0. The second kappa shape index (κ2) is 8.29. The fourth-order valence-electron chi connectivity index (χ4n) is 1.78. The Hall–Kier alpha value is -1.20. The molecule has 0 radical (unpaired) electrons. The highest BCUT2D eigenvalue weighted by atomic mass is 35.5. The summed E-state index contributed by atoms with van der Waals surface area (Å²) in [5.41, 5.74) is 0.567. The molecule has 0 saturated heterocycles. The van der Waals surface area contributed by atoms with Gasteiger partial charge in [0.15, 0.2) is 0 Å². The van der Waals surface area contributed by atoms with Crippen molar-refractivity contribution in [2.24, 2.45) is 0 Å². The van der Waals surface area contributed by atoms with Crippen molar-refractivity contribution in [1.82, 2.24) is 5.32 Å². The summed E-state index contributed by atoms with van der Waals surface area (Å²) >= 11 is 7.40. The Bertz CT molecular complexity index is 505. The Balaban J connectivity index is 2.32. The molecule has 0 aliphatic heterocycles. The minimum absolute atomic E-state index is 0.0446. The minimum atomic E-state index is -0.854. The van der Waals surface area contributed by atoms with Crippen molar-refractivity contribution in [3.8, 4) is 0 Å². The molecule has 4 nitrogen and oxygen atoms in total. The van der Waals surface area contributed by atoms with Crippen LogP contribution in [0.4, 0.5) is 0 Å². The molecule has 0 aliphatic carbocycles. The van der Waals surface area contributed by atoms with Crippen molar-refractivity contribution < 1.29 is 14.7 Å². The normalized spacial score (nSPS) is 11.2. The highest BCUT2D eigenvalue weighted by molar-refractivity contribution is 7.99. The first kappa shape index (κ1) is 17.9. The van der Waals surface area contributed by atoms with Gasteiger partial charge in [-0.15, -0.1) is 11.8 Å². The number of carbonyl (C=O) groups is 2. The van der Waals surface area contributed by atoms with Crippen LogP contribution in [-0.4, -0.2) is 28.3 Å². The third kappa shape index (κ3) is 7.97. The van der Waals surface area contributed by atoms with Gasteiger partial charge in [0.25, 0.3) is 0 Å². The molecule has 1 aromatic rings.